The molecule has 1 aliphatic rings. The Morgan fingerprint density at radius 1 is 1.06 bits per heavy atom. The summed E-state index contributed by atoms with van der Waals surface area (Å²) in [6.45, 7) is 0. The van der Waals surface area contributed by atoms with E-state index >= 15 is 0 Å². The topological polar surface area (TPSA) is 51.9 Å². The molecule has 31 heavy (non-hydrogen) atoms. The number of thiocarbonyl (C=S) groups is 1. The SMILES string of the molecule is COc1ccc(N2C(=O)/C(=C\c3ccc(-c4cc(Cl)ccc4Cl)o3)SC2=S)c(OC)c1. The van der Waals surface area contributed by atoms with Gasteiger partial charge < -0.3 is 13.9 Å². The fourth-order valence-corrected chi connectivity index (χ4v) is 4.68. The highest BCUT2D eigenvalue weighted by Gasteiger charge is 2.35. The van der Waals surface area contributed by atoms with E-state index in [4.69, 9.17) is 49.3 Å². The van der Waals surface area contributed by atoms with Crippen LogP contribution in [0.15, 0.2) is 57.9 Å². The number of anilines is 1. The number of nitrogens with zero attached hydrogens (tertiary/aromatic N) is 1. The van der Waals surface area contributed by atoms with Crippen LogP contribution in [0.25, 0.3) is 17.4 Å². The Balaban J connectivity index is 1.64. The highest BCUT2D eigenvalue weighted by molar-refractivity contribution is 8.27. The molecule has 0 bridgehead atoms. The number of ether oxygens (including phenoxy) is 2. The van der Waals surface area contributed by atoms with E-state index in [9.17, 15) is 4.79 Å². The Labute approximate surface area is 198 Å². The summed E-state index contributed by atoms with van der Waals surface area (Å²) in [5.74, 6) is 1.87. The lowest BCUT2D eigenvalue weighted by atomic mass is 10.2. The molecule has 0 radical (unpaired) electrons. The summed E-state index contributed by atoms with van der Waals surface area (Å²) in [4.78, 5) is 15.0. The first-order valence-corrected chi connectivity index (χ1v) is 10.9. The van der Waals surface area contributed by atoms with Crippen LogP contribution in [-0.2, 0) is 4.79 Å². The molecule has 5 nitrogen and oxygen atoms in total. The maximum absolute atomic E-state index is 13.1. The van der Waals surface area contributed by atoms with Gasteiger partial charge in [0.05, 0.1) is 29.8 Å². The Kier molecular flexibility index (Phi) is 6.29. The van der Waals surface area contributed by atoms with Gasteiger partial charge in [-0.25, -0.2) is 0 Å². The van der Waals surface area contributed by atoms with Gasteiger partial charge in [0.2, 0.25) is 0 Å². The Bertz CT molecular complexity index is 1220. The van der Waals surface area contributed by atoms with Gasteiger partial charge in [-0.05, 0) is 42.5 Å². The number of carbonyl (C=O) groups excluding carboxylic acids is 1. The van der Waals surface area contributed by atoms with Crippen LogP contribution >= 0.6 is 47.2 Å². The zero-order valence-electron chi connectivity index (χ0n) is 16.3. The Morgan fingerprint density at radius 3 is 2.61 bits per heavy atom. The number of amides is 1. The molecule has 2 aromatic carbocycles. The van der Waals surface area contributed by atoms with Crippen LogP contribution < -0.4 is 14.4 Å². The third kappa shape index (κ3) is 4.32. The van der Waals surface area contributed by atoms with Crippen molar-refractivity contribution in [2.24, 2.45) is 0 Å². The summed E-state index contributed by atoms with van der Waals surface area (Å²) in [6, 6.07) is 13.8. The smallest absolute Gasteiger partial charge is 0.271 e. The van der Waals surface area contributed by atoms with Crippen LogP contribution in [0.3, 0.4) is 0 Å². The van der Waals surface area contributed by atoms with Gasteiger partial charge >= 0.3 is 0 Å². The van der Waals surface area contributed by atoms with Crippen molar-refractivity contribution in [3.05, 3.63) is 69.2 Å². The van der Waals surface area contributed by atoms with Crippen LogP contribution in [0.2, 0.25) is 10.0 Å². The van der Waals surface area contributed by atoms with E-state index in [1.54, 1.807) is 61.7 Å². The lowest BCUT2D eigenvalue weighted by Crippen LogP contribution is -2.27. The quantitative estimate of drug-likeness (QED) is 0.293. The summed E-state index contributed by atoms with van der Waals surface area (Å²) in [5, 5.41) is 1.06. The highest BCUT2D eigenvalue weighted by Crippen LogP contribution is 2.41. The first-order valence-electron chi connectivity index (χ1n) is 8.96. The third-order valence-corrected chi connectivity index (χ3v) is 6.38. The molecule has 1 amide bonds. The van der Waals surface area contributed by atoms with E-state index in [0.717, 1.165) is 0 Å². The third-order valence-electron chi connectivity index (χ3n) is 4.52. The maximum atomic E-state index is 13.1. The maximum Gasteiger partial charge on any atom is 0.271 e. The minimum Gasteiger partial charge on any atom is -0.497 e. The van der Waals surface area contributed by atoms with Crippen LogP contribution in [0.4, 0.5) is 5.69 Å². The summed E-state index contributed by atoms with van der Waals surface area (Å²) < 4.78 is 16.9. The largest absolute Gasteiger partial charge is 0.497 e. The number of hydrogen-bond acceptors (Lipinski definition) is 6. The number of hydrogen-bond donors (Lipinski definition) is 0. The minimum atomic E-state index is -0.266. The van der Waals surface area contributed by atoms with Crippen LogP contribution in [-0.4, -0.2) is 24.4 Å². The van der Waals surface area contributed by atoms with Gasteiger partial charge in [0.25, 0.3) is 5.91 Å². The van der Waals surface area contributed by atoms with E-state index in [0.29, 0.717) is 53.5 Å². The number of furan rings is 1. The molecule has 2 heterocycles. The minimum absolute atomic E-state index is 0.266. The first-order chi connectivity index (χ1) is 14.9. The van der Waals surface area contributed by atoms with Gasteiger partial charge in [-0.2, -0.15) is 0 Å². The zero-order chi connectivity index (χ0) is 22.1. The number of thioether (sulfide) groups is 1. The summed E-state index contributed by atoms with van der Waals surface area (Å²) in [6.07, 6.45) is 1.65. The number of carbonyl (C=O) groups is 1. The molecule has 3 aromatic rings. The highest BCUT2D eigenvalue weighted by atomic mass is 35.5. The monoisotopic (exact) mass is 491 g/mol. The standard InChI is InChI=1S/C22H15Cl2NO4S2/c1-27-13-4-7-17(19(10-13)28-2)25-21(26)20(31-22(25)30)11-14-5-8-18(29-14)15-9-12(23)3-6-16(15)24/h3-11H,1-2H3/b20-11+. The molecular weight excluding hydrogens is 477 g/mol. The fraction of sp³-hybridized carbons (Fsp3) is 0.0909. The van der Waals surface area contributed by atoms with Crippen LogP contribution in [0.1, 0.15) is 5.76 Å². The zero-order valence-corrected chi connectivity index (χ0v) is 19.5. The predicted octanol–water partition coefficient (Wildman–Crippen LogP) is 6.68. The molecule has 1 fully saturated rings. The van der Waals surface area contributed by atoms with E-state index in [1.165, 1.54) is 23.8 Å². The first kappa shape index (κ1) is 21.8. The number of methoxy groups -OCH3 is 2. The molecule has 1 aliphatic heterocycles. The van der Waals surface area contributed by atoms with Crippen molar-refractivity contribution < 1.29 is 18.7 Å². The number of benzene rings is 2. The summed E-state index contributed by atoms with van der Waals surface area (Å²) in [7, 11) is 3.09. The summed E-state index contributed by atoms with van der Waals surface area (Å²) in [5.41, 5.74) is 1.21. The molecule has 0 atom stereocenters. The summed E-state index contributed by atoms with van der Waals surface area (Å²) >= 11 is 19.0. The van der Waals surface area contributed by atoms with E-state index in [1.807, 2.05) is 0 Å². The van der Waals surface area contributed by atoms with E-state index in [2.05, 4.69) is 0 Å². The lowest BCUT2D eigenvalue weighted by Gasteiger charge is -2.18. The molecule has 1 aromatic heterocycles. The molecular formula is C22H15Cl2NO4S2. The second kappa shape index (κ2) is 8.96. The molecule has 0 N–H and O–H groups in total. The van der Waals surface area contributed by atoms with Gasteiger partial charge in [-0.1, -0.05) is 47.2 Å². The van der Waals surface area contributed by atoms with Crippen molar-refractivity contribution in [2.75, 3.05) is 19.1 Å². The van der Waals surface area contributed by atoms with Gasteiger partial charge in [0.1, 0.15) is 23.0 Å². The van der Waals surface area contributed by atoms with Crippen molar-refractivity contribution in [1.29, 1.82) is 0 Å². The predicted molar refractivity (Wildman–Crippen MR) is 129 cm³/mol. The van der Waals surface area contributed by atoms with Gasteiger partial charge in [-0.3, -0.25) is 9.69 Å². The molecule has 0 spiro atoms. The Morgan fingerprint density at radius 2 is 1.87 bits per heavy atom. The van der Waals surface area contributed by atoms with E-state index < -0.39 is 0 Å². The van der Waals surface area contributed by atoms with Crippen molar-refractivity contribution in [2.45, 2.75) is 0 Å². The normalized spacial score (nSPS) is 15.1. The van der Waals surface area contributed by atoms with Crippen molar-refractivity contribution >= 4 is 69.2 Å². The molecule has 1 saturated heterocycles. The molecule has 0 saturated carbocycles. The van der Waals surface area contributed by atoms with Crippen molar-refractivity contribution in [1.82, 2.24) is 0 Å². The average Bonchev–Trinajstić information content (AvgIpc) is 3.33. The van der Waals surface area contributed by atoms with Gasteiger partial charge in [0, 0.05) is 22.7 Å². The van der Waals surface area contributed by atoms with Crippen LogP contribution in [0, 0.1) is 0 Å². The van der Waals surface area contributed by atoms with Crippen molar-refractivity contribution in [3.8, 4) is 22.8 Å². The Hall–Kier alpha value is -2.45. The second-order valence-corrected chi connectivity index (χ2v) is 8.90. The lowest BCUT2D eigenvalue weighted by molar-refractivity contribution is -0.113. The van der Waals surface area contributed by atoms with E-state index in [-0.39, 0.29) is 5.91 Å². The van der Waals surface area contributed by atoms with Crippen molar-refractivity contribution in [3.63, 3.8) is 0 Å². The average molecular weight is 492 g/mol. The fourth-order valence-electron chi connectivity index (χ4n) is 3.04. The molecule has 4 rings (SSSR count). The second-order valence-electron chi connectivity index (χ2n) is 6.38. The molecule has 9 heteroatoms. The van der Waals surface area contributed by atoms with Gasteiger partial charge in [0.15, 0.2) is 4.32 Å². The number of rotatable bonds is 5. The molecule has 0 unspecified atom stereocenters. The molecule has 158 valence electrons. The molecule has 0 aliphatic carbocycles. The van der Waals surface area contributed by atoms with Gasteiger partial charge in [-0.15, -0.1) is 0 Å². The van der Waals surface area contributed by atoms with Crippen LogP contribution in [0.5, 0.6) is 11.5 Å². The number of halogens is 2.